The van der Waals surface area contributed by atoms with Crippen molar-refractivity contribution in [3.05, 3.63) is 64.3 Å². The molecule has 1 aliphatic heterocycles. The Hall–Kier alpha value is -3.59. The van der Waals surface area contributed by atoms with Crippen molar-refractivity contribution in [1.82, 2.24) is 4.90 Å². The molecule has 1 aliphatic rings. The molecule has 0 unspecified atom stereocenters. The number of β-amino-alcohol motifs (C(OH)–C–C–N with tert-alkyl or cyclic N) is 1. The third-order valence-corrected chi connectivity index (χ3v) is 6.19. The minimum atomic E-state index is -4.58. The van der Waals surface area contributed by atoms with Gasteiger partial charge in [0.1, 0.15) is 6.07 Å². The molecule has 196 valence electrons. The molecule has 37 heavy (non-hydrogen) atoms. The van der Waals surface area contributed by atoms with Gasteiger partial charge in [0.2, 0.25) is 0 Å². The van der Waals surface area contributed by atoms with Gasteiger partial charge < -0.3 is 21.1 Å². The Morgan fingerprint density at radius 3 is 2.54 bits per heavy atom. The number of aliphatic hydroxyl groups is 1. The number of hydrogen-bond acceptors (Lipinski definition) is 7. The fourth-order valence-corrected chi connectivity index (χ4v) is 4.07. The monoisotopic (exact) mass is 534 g/mol. The summed E-state index contributed by atoms with van der Waals surface area (Å²) in [6.07, 6.45) is -3.58. The Labute approximate surface area is 217 Å². The van der Waals surface area contributed by atoms with E-state index < -0.39 is 17.6 Å². The Morgan fingerprint density at radius 1 is 1.24 bits per heavy atom. The van der Waals surface area contributed by atoms with Crippen molar-refractivity contribution < 1.29 is 23.1 Å². The first-order valence-electron chi connectivity index (χ1n) is 11.3. The highest BCUT2D eigenvalue weighted by Gasteiger charge is 2.31. The van der Waals surface area contributed by atoms with Gasteiger partial charge in [-0.1, -0.05) is 11.6 Å². The maximum Gasteiger partial charge on any atom is 0.416 e. The Balaban J connectivity index is 1.77. The molecular weight excluding hydrogens is 509 g/mol. The lowest BCUT2D eigenvalue weighted by Crippen LogP contribution is -2.47. The van der Waals surface area contributed by atoms with Crippen LogP contribution in [0.15, 0.2) is 53.2 Å². The number of halogens is 4. The van der Waals surface area contributed by atoms with E-state index in [9.17, 15) is 23.2 Å². The number of aliphatic hydroxyl groups excluding tert-OH is 1. The van der Waals surface area contributed by atoms with Crippen LogP contribution in [0.1, 0.15) is 18.1 Å². The number of anilines is 2. The maximum atomic E-state index is 13.1. The molecule has 0 radical (unpaired) electrons. The van der Waals surface area contributed by atoms with E-state index in [0.717, 1.165) is 43.2 Å². The van der Waals surface area contributed by atoms with E-state index in [2.05, 4.69) is 26.2 Å². The predicted octanol–water partition coefficient (Wildman–Crippen LogP) is 3.92. The van der Waals surface area contributed by atoms with E-state index in [4.69, 9.17) is 22.4 Å². The lowest BCUT2D eigenvalue weighted by atomic mass is 10.1. The van der Waals surface area contributed by atoms with E-state index in [1.54, 1.807) is 12.1 Å². The number of nitrogens with two attached hydrogens (primary N) is 1. The van der Waals surface area contributed by atoms with Crippen LogP contribution in [0, 0.1) is 11.3 Å². The summed E-state index contributed by atoms with van der Waals surface area (Å²) in [7, 11) is 0. The fraction of sp³-hybridized carbons (Fsp3) is 0.320. The number of aliphatic imine (C=N–C) groups is 1. The minimum absolute atomic E-state index is 0.0180. The SMILES string of the molecule is CC(=Nc1cc(C(F)(F)F)ccc1Cl)C(=CN)C(=O)Nc1ccc(N2CCN(CCO)CC2)c(C#N)c1. The first-order chi connectivity index (χ1) is 17.6. The Kier molecular flexibility index (Phi) is 9.15. The highest BCUT2D eigenvalue weighted by molar-refractivity contribution is 6.33. The average molecular weight is 535 g/mol. The molecule has 0 aliphatic carbocycles. The second-order valence-electron chi connectivity index (χ2n) is 8.29. The molecule has 0 saturated carbocycles. The van der Waals surface area contributed by atoms with Crippen LogP contribution >= 0.6 is 11.6 Å². The number of nitriles is 1. The molecular formula is C25H26ClF3N6O2. The molecule has 0 bridgehead atoms. The molecule has 0 spiro atoms. The lowest BCUT2D eigenvalue weighted by Gasteiger charge is -2.36. The van der Waals surface area contributed by atoms with Gasteiger partial charge in [0.25, 0.3) is 5.91 Å². The molecule has 2 aromatic rings. The van der Waals surface area contributed by atoms with E-state index in [1.165, 1.54) is 13.0 Å². The van der Waals surface area contributed by atoms with Gasteiger partial charge in [0, 0.05) is 44.6 Å². The summed E-state index contributed by atoms with van der Waals surface area (Å²) in [6, 6.07) is 9.80. The zero-order chi connectivity index (χ0) is 27.2. The van der Waals surface area contributed by atoms with Crippen LogP contribution in [-0.2, 0) is 11.0 Å². The second kappa shape index (κ2) is 12.1. The molecule has 1 heterocycles. The molecule has 1 fully saturated rings. The van der Waals surface area contributed by atoms with Crippen molar-refractivity contribution in [1.29, 1.82) is 5.26 Å². The van der Waals surface area contributed by atoms with Crippen molar-refractivity contribution in [2.24, 2.45) is 10.7 Å². The largest absolute Gasteiger partial charge is 0.416 e. The number of nitrogens with zero attached hydrogens (tertiary/aromatic N) is 4. The molecule has 0 atom stereocenters. The number of alkyl halides is 3. The fourth-order valence-electron chi connectivity index (χ4n) is 3.91. The van der Waals surface area contributed by atoms with Gasteiger partial charge in [0.05, 0.1) is 45.4 Å². The summed E-state index contributed by atoms with van der Waals surface area (Å²) < 4.78 is 39.2. The summed E-state index contributed by atoms with van der Waals surface area (Å²) in [6.45, 7) is 5.00. The zero-order valence-electron chi connectivity index (χ0n) is 20.0. The van der Waals surface area contributed by atoms with Crippen LogP contribution in [0.3, 0.4) is 0 Å². The van der Waals surface area contributed by atoms with Gasteiger partial charge in [-0.2, -0.15) is 18.4 Å². The molecule has 3 rings (SSSR count). The van der Waals surface area contributed by atoms with Crippen molar-refractivity contribution in [3.63, 3.8) is 0 Å². The number of benzene rings is 2. The van der Waals surface area contributed by atoms with E-state index in [1.807, 2.05) is 0 Å². The van der Waals surface area contributed by atoms with Crippen LogP contribution in [0.25, 0.3) is 0 Å². The molecule has 8 nitrogen and oxygen atoms in total. The highest BCUT2D eigenvalue weighted by atomic mass is 35.5. The molecule has 0 aromatic heterocycles. The Morgan fingerprint density at radius 2 is 1.95 bits per heavy atom. The lowest BCUT2D eigenvalue weighted by molar-refractivity contribution is -0.137. The number of carbonyl (C=O) groups is 1. The maximum absolute atomic E-state index is 13.1. The predicted molar refractivity (Wildman–Crippen MR) is 137 cm³/mol. The zero-order valence-corrected chi connectivity index (χ0v) is 20.8. The summed E-state index contributed by atoms with van der Waals surface area (Å²) >= 11 is 6.01. The van der Waals surface area contributed by atoms with Gasteiger partial charge >= 0.3 is 6.18 Å². The number of amides is 1. The van der Waals surface area contributed by atoms with Gasteiger partial charge in [-0.25, -0.2) is 0 Å². The standard InChI is InChI=1S/C25H26ClF3N6O2/c1-16(32-22-13-18(25(27,28)29)2-4-21(22)26)20(15-31)24(37)33-19-3-5-23(17(12-19)14-30)35-8-6-34(7-9-35)10-11-36/h2-5,12-13,15,36H,6-11,31H2,1H3,(H,33,37). The van der Waals surface area contributed by atoms with Crippen LogP contribution < -0.4 is 16.0 Å². The van der Waals surface area contributed by atoms with Crippen molar-refractivity contribution in [2.75, 3.05) is 49.5 Å². The first kappa shape index (κ1) is 28.0. The Bertz CT molecular complexity index is 1250. The summed E-state index contributed by atoms with van der Waals surface area (Å²) in [5, 5.41) is 21.4. The van der Waals surface area contributed by atoms with Gasteiger partial charge in [-0.15, -0.1) is 0 Å². The van der Waals surface area contributed by atoms with Gasteiger partial charge in [0.15, 0.2) is 0 Å². The second-order valence-corrected chi connectivity index (χ2v) is 8.70. The smallest absolute Gasteiger partial charge is 0.404 e. The van der Waals surface area contributed by atoms with Crippen molar-refractivity contribution in [3.8, 4) is 6.07 Å². The van der Waals surface area contributed by atoms with Gasteiger partial charge in [-0.3, -0.25) is 14.7 Å². The number of hydrogen-bond donors (Lipinski definition) is 3. The van der Waals surface area contributed by atoms with E-state index in [0.29, 0.717) is 30.9 Å². The number of rotatable bonds is 7. The number of carbonyl (C=O) groups excluding carboxylic acids is 1. The molecule has 12 heteroatoms. The van der Waals surface area contributed by atoms with Crippen LogP contribution in [0.2, 0.25) is 5.02 Å². The highest BCUT2D eigenvalue weighted by Crippen LogP contribution is 2.35. The topological polar surface area (TPSA) is 118 Å². The molecule has 1 amide bonds. The van der Waals surface area contributed by atoms with Gasteiger partial charge in [-0.05, 0) is 43.3 Å². The van der Waals surface area contributed by atoms with Crippen LogP contribution in [0.5, 0.6) is 0 Å². The minimum Gasteiger partial charge on any atom is -0.404 e. The van der Waals surface area contributed by atoms with Crippen LogP contribution in [-0.4, -0.2) is 61.0 Å². The van der Waals surface area contributed by atoms with E-state index >= 15 is 0 Å². The summed E-state index contributed by atoms with van der Waals surface area (Å²) in [5.74, 6) is -0.652. The number of nitrogens with one attached hydrogen (secondary N) is 1. The molecule has 4 N–H and O–H groups in total. The molecule has 2 aromatic carbocycles. The normalized spacial score (nSPS) is 15.4. The third-order valence-electron chi connectivity index (χ3n) is 5.87. The van der Waals surface area contributed by atoms with Crippen molar-refractivity contribution in [2.45, 2.75) is 13.1 Å². The van der Waals surface area contributed by atoms with Crippen molar-refractivity contribution >= 4 is 40.3 Å². The first-order valence-corrected chi connectivity index (χ1v) is 11.7. The number of piperazine rings is 1. The third kappa shape index (κ3) is 7.01. The summed E-state index contributed by atoms with van der Waals surface area (Å²) in [5.41, 5.74) is 5.98. The average Bonchev–Trinajstić information content (AvgIpc) is 2.86. The van der Waals surface area contributed by atoms with Crippen LogP contribution in [0.4, 0.5) is 30.2 Å². The summed E-state index contributed by atoms with van der Waals surface area (Å²) in [4.78, 5) is 21.2. The van der Waals surface area contributed by atoms with E-state index in [-0.39, 0.29) is 28.6 Å². The quantitative estimate of drug-likeness (QED) is 0.366. The molecule has 1 saturated heterocycles.